The average Bonchev–Trinajstić information content (AvgIpc) is 2.81. The molecule has 0 atom stereocenters. The molecule has 0 saturated heterocycles. The van der Waals surface area contributed by atoms with Crippen LogP contribution < -0.4 is 0 Å². The maximum atomic E-state index is 10.8. The molecule has 0 unspecified atom stereocenters. The molecule has 6 heteroatoms. The first kappa shape index (κ1) is 10.0. The first-order valence-corrected chi connectivity index (χ1v) is 4.44. The van der Waals surface area contributed by atoms with Crippen LogP contribution in [0, 0.1) is 10.1 Å². The van der Waals surface area contributed by atoms with Gasteiger partial charge in [-0.05, 0) is 12.1 Å². The highest BCUT2D eigenvalue weighted by Gasteiger charge is 2.15. The van der Waals surface area contributed by atoms with Crippen LogP contribution in [-0.4, -0.2) is 20.8 Å². The lowest BCUT2D eigenvalue weighted by molar-refractivity contribution is -0.384. The average molecular weight is 217 g/mol. The molecule has 0 aliphatic heterocycles. The van der Waals surface area contributed by atoms with Gasteiger partial charge in [-0.25, -0.2) is 4.98 Å². The van der Waals surface area contributed by atoms with Crippen LogP contribution in [0.3, 0.4) is 0 Å². The minimum Gasteiger partial charge on any atom is -0.300 e. The van der Waals surface area contributed by atoms with Gasteiger partial charge in [-0.1, -0.05) is 0 Å². The minimum atomic E-state index is -0.525. The number of hydrogen-bond acceptors (Lipinski definition) is 4. The minimum absolute atomic E-state index is 0.123. The molecule has 0 amide bonds. The van der Waals surface area contributed by atoms with Crippen molar-refractivity contribution in [3.8, 4) is 5.69 Å². The first-order valence-electron chi connectivity index (χ1n) is 4.44. The van der Waals surface area contributed by atoms with E-state index in [4.69, 9.17) is 0 Å². The normalized spacial score (nSPS) is 10.0. The maximum absolute atomic E-state index is 10.8. The van der Waals surface area contributed by atoms with Crippen molar-refractivity contribution in [2.45, 2.75) is 0 Å². The quantitative estimate of drug-likeness (QED) is 0.444. The van der Waals surface area contributed by atoms with Gasteiger partial charge in [0.25, 0.3) is 5.69 Å². The summed E-state index contributed by atoms with van der Waals surface area (Å²) in [5, 5.41) is 10.8. The van der Waals surface area contributed by atoms with Crippen LogP contribution >= 0.6 is 0 Å². The molecule has 0 saturated carbocycles. The lowest BCUT2D eigenvalue weighted by Gasteiger charge is -2.03. The number of hydrogen-bond donors (Lipinski definition) is 0. The van der Waals surface area contributed by atoms with Crippen LogP contribution in [0.15, 0.2) is 36.9 Å². The molecule has 16 heavy (non-hydrogen) atoms. The van der Waals surface area contributed by atoms with Gasteiger partial charge in [0.2, 0.25) is 0 Å². The van der Waals surface area contributed by atoms with Crippen molar-refractivity contribution >= 4 is 12.0 Å². The summed E-state index contributed by atoms with van der Waals surface area (Å²) in [6.45, 7) is 0. The Balaban J connectivity index is 2.61. The van der Waals surface area contributed by atoms with E-state index in [2.05, 4.69) is 4.98 Å². The summed E-state index contributed by atoms with van der Waals surface area (Å²) in [7, 11) is 0. The SMILES string of the molecule is O=Cc1ccc(-n2ccnc2)c([N+](=O)[O-])c1. The summed E-state index contributed by atoms with van der Waals surface area (Å²) >= 11 is 0. The fourth-order valence-corrected chi connectivity index (χ4v) is 1.38. The predicted octanol–water partition coefficient (Wildman–Crippen LogP) is 1.59. The Morgan fingerprint density at radius 2 is 2.25 bits per heavy atom. The molecule has 0 radical (unpaired) electrons. The van der Waals surface area contributed by atoms with Crippen LogP contribution in [0.25, 0.3) is 5.69 Å². The molecule has 0 spiro atoms. The highest BCUT2D eigenvalue weighted by Crippen LogP contribution is 2.23. The van der Waals surface area contributed by atoms with E-state index in [1.54, 1.807) is 6.20 Å². The van der Waals surface area contributed by atoms with Crippen molar-refractivity contribution in [3.05, 3.63) is 52.6 Å². The smallest absolute Gasteiger partial charge is 0.293 e. The van der Waals surface area contributed by atoms with Gasteiger partial charge in [-0.2, -0.15) is 0 Å². The van der Waals surface area contributed by atoms with Crippen molar-refractivity contribution in [1.29, 1.82) is 0 Å². The number of benzene rings is 1. The standard InChI is InChI=1S/C10H7N3O3/c14-6-8-1-2-9(10(5-8)13(15)16)12-4-3-11-7-12/h1-7H. The van der Waals surface area contributed by atoms with Gasteiger partial charge < -0.3 is 4.57 Å². The van der Waals surface area contributed by atoms with Gasteiger partial charge in [0.15, 0.2) is 0 Å². The number of aromatic nitrogens is 2. The van der Waals surface area contributed by atoms with Gasteiger partial charge in [0.05, 0.1) is 11.3 Å². The number of aldehydes is 1. The van der Waals surface area contributed by atoms with Crippen LogP contribution in [0.2, 0.25) is 0 Å². The molecular weight excluding hydrogens is 210 g/mol. The second-order valence-corrected chi connectivity index (χ2v) is 3.09. The third-order valence-corrected chi connectivity index (χ3v) is 2.11. The zero-order valence-electron chi connectivity index (χ0n) is 8.11. The molecule has 2 aromatic rings. The van der Waals surface area contributed by atoms with Crippen LogP contribution in [0.4, 0.5) is 5.69 Å². The number of carbonyl (C=O) groups excluding carboxylic acids is 1. The van der Waals surface area contributed by atoms with Crippen molar-refractivity contribution < 1.29 is 9.72 Å². The summed E-state index contributed by atoms with van der Waals surface area (Å²) in [5.41, 5.74) is 0.534. The fourth-order valence-electron chi connectivity index (χ4n) is 1.38. The molecule has 6 nitrogen and oxygen atoms in total. The van der Waals surface area contributed by atoms with Crippen molar-refractivity contribution in [2.24, 2.45) is 0 Å². The number of rotatable bonds is 3. The van der Waals surface area contributed by atoms with Gasteiger partial charge in [0, 0.05) is 24.0 Å². The molecule has 1 aromatic carbocycles. The van der Waals surface area contributed by atoms with Crippen LogP contribution in [-0.2, 0) is 0 Å². The van der Waals surface area contributed by atoms with E-state index < -0.39 is 4.92 Å². The molecular formula is C10H7N3O3. The van der Waals surface area contributed by atoms with E-state index in [0.717, 1.165) is 0 Å². The summed E-state index contributed by atoms with van der Waals surface area (Å²) < 4.78 is 1.52. The van der Waals surface area contributed by atoms with Gasteiger partial charge in [-0.3, -0.25) is 14.9 Å². The predicted molar refractivity (Wildman–Crippen MR) is 55.6 cm³/mol. The summed E-state index contributed by atoms with van der Waals surface area (Å²) in [6, 6.07) is 4.28. The van der Waals surface area contributed by atoms with Crippen molar-refractivity contribution in [3.63, 3.8) is 0 Å². The Hall–Kier alpha value is -2.50. The van der Waals surface area contributed by atoms with Crippen LogP contribution in [0.5, 0.6) is 0 Å². The first-order chi connectivity index (χ1) is 7.72. The summed E-state index contributed by atoms with van der Waals surface area (Å²) in [5.74, 6) is 0. The number of nitro groups is 1. The second-order valence-electron chi connectivity index (χ2n) is 3.09. The molecule has 1 aromatic heterocycles. The Morgan fingerprint density at radius 3 is 2.81 bits per heavy atom. The van der Waals surface area contributed by atoms with E-state index in [0.29, 0.717) is 12.0 Å². The Kier molecular flexibility index (Phi) is 2.47. The van der Waals surface area contributed by atoms with E-state index in [9.17, 15) is 14.9 Å². The van der Waals surface area contributed by atoms with E-state index in [1.165, 1.54) is 35.3 Å². The van der Waals surface area contributed by atoms with Crippen LogP contribution in [0.1, 0.15) is 10.4 Å². The third kappa shape index (κ3) is 1.68. The zero-order chi connectivity index (χ0) is 11.5. The molecule has 0 bridgehead atoms. The molecule has 0 fully saturated rings. The lowest BCUT2D eigenvalue weighted by atomic mass is 10.2. The Morgan fingerprint density at radius 1 is 1.44 bits per heavy atom. The number of imidazole rings is 1. The summed E-state index contributed by atoms with van der Waals surface area (Å²) in [4.78, 5) is 24.7. The lowest BCUT2D eigenvalue weighted by Crippen LogP contribution is -1.99. The molecule has 2 rings (SSSR count). The molecule has 0 N–H and O–H groups in total. The molecule has 80 valence electrons. The zero-order valence-corrected chi connectivity index (χ0v) is 8.11. The largest absolute Gasteiger partial charge is 0.300 e. The monoisotopic (exact) mass is 217 g/mol. The number of carbonyl (C=O) groups is 1. The van der Waals surface area contributed by atoms with E-state index in [1.807, 2.05) is 0 Å². The highest BCUT2D eigenvalue weighted by molar-refractivity contribution is 5.77. The third-order valence-electron chi connectivity index (χ3n) is 2.11. The number of nitro benzene ring substituents is 1. The van der Waals surface area contributed by atoms with Crippen molar-refractivity contribution in [1.82, 2.24) is 9.55 Å². The molecule has 0 aliphatic carbocycles. The van der Waals surface area contributed by atoms with E-state index >= 15 is 0 Å². The van der Waals surface area contributed by atoms with Gasteiger partial charge >= 0.3 is 0 Å². The maximum Gasteiger partial charge on any atom is 0.293 e. The second kappa shape index (κ2) is 3.93. The highest BCUT2D eigenvalue weighted by atomic mass is 16.6. The fraction of sp³-hybridized carbons (Fsp3) is 0. The number of nitrogens with zero attached hydrogens (tertiary/aromatic N) is 3. The summed E-state index contributed by atoms with van der Waals surface area (Å²) in [6.07, 6.45) is 5.16. The Bertz CT molecular complexity index is 534. The van der Waals surface area contributed by atoms with E-state index in [-0.39, 0.29) is 11.3 Å². The molecule has 0 aliphatic rings. The van der Waals surface area contributed by atoms with Gasteiger partial charge in [-0.15, -0.1) is 0 Å². The van der Waals surface area contributed by atoms with Crippen molar-refractivity contribution in [2.75, 3.05) is 0 Å². The molecule has 1 heterocycles. The van der Waals surface area contributed by atoms with Gasteiger partial charge in [0.1, 0.15) is 12.0 Å². The Labute approximate surface area is 90.3 Å². The topological polar surface area (TPSA) is 78.0 Å².